The van der Waals surface area contributed by atoms with Crippen LogP contribution in [0.5, 0.6) is 0 Å². The van der Waals surface area contributed by atoms with Gasteiger partial charge in [0.2, 0.25) is 5.91 Å². The van der Waals surface area contributed by atoms with Gasteiger partial charge < -0.3 is 5.73 Å². The third-order valence-electron chi connectivity index (χ3n) is 2.76. The van der Waals surface area contributed by atoms with Gasteiger partial charge >= 0.3 is 0 Å². The van der Waals surface area contributed by atoms with Crippen molar-refractivity contribution < 1.29 is 4.79 Å². The summed E-state index contributed by atoms with van der Waals surface area (Å²) in [5.74, 6) is -0.477. The first-order valence-corrected chi connectivity index (χ1v) is 7.56. The number of hydrogen-bond acceptors (Lipinski definition) is 4. The first-order chi connectivity index (χ1) is 9.58. The summed E-state index contributed by atoms with van der Waals surface area (Å²) in [6.07, 6.45) is 1.61. The summed E-state index contributed by atoms with van der Waals surface area (Å²) in [7, 11) is 0. The van der Waals surface area contributed by atoms with Gasteiger partial charge in [-0.2, -0.15) is 0 Å². The molecular weight excluding hydrogens is 441 g/mol. The molecule has 0 radical (unpaired) electrons. The topological polar surface area (TPSA) is 68.9 Å². The third kappa shape index (κ3) is 2.96. The molecule has 0 aliphatic rings. The molecule has 3 aromatic rings. The van der Waals surface area contributed by atoms with Crippen molar-refractivity contribution in [1.29, 1.82) is 0 Å². The molecule has 0 aliphatic heterocycles. The summed E-state index contributed by atoms with van der Waals surface area (Å²) in [5.41, 5.74) is 7.28. The lowest BCUT2D eigenvalue weighted by molar-refractivity contribution is 0.100. The molecule has 0 aliphatic carbocycles. The van der Waals surface area contributed by atoms with Gasteiger partial charge in [-0.25, -0.2) is 9.97 Å². The number of hydrogen-bond donors (Lipinski definition) is 1. The second-order valence-corrected chi connectivity index (χ2v) is 6.16. The number of nitrogens with two attached hydrogens (primary N) is 1. The fourth-order valence-corrected chi connectivity index (χ4v) is 3.61. The molecule has 8 heteroatoms. The minimum Gasteiger partial charge on any atom is -0.366 e. The SMILES string of the molecule is Br.NC(=O)c1ccccc1-c1nc2cnc(Cl)c(Br)c2s1. The Balaban J connectivity index is 0.00000161. The molecule has 4 nitrogen and oxygen atoms in total. The Hall–Kier alpha value is -1.02. The van der Waals surface area contributed by atoms with Crippen molar-refractivity contribution in [2.24, 2.45) is 5.73 Å². The Morgan fingerprint density at radius 3 is 2.76 bits per heavy atom. The van der Waals surface area contributed by atoms with Gasteiger partial charge in [-0.1, -0.05) is 29.8 Å². The molecular formula is C13H8Br2ClN3OS. The van der Waals surface area contributed by atoms with E-state index in [1.807, 2.05) is 12.1 Å². The molecule has 1 amide bonds. The number of aromatic nitrogens is 2. The van der Waals surface area contributed by atoms with E-state index < -0.39 is 5.91 Å². The van der Waals surface area contributed by atoms with E-state index in [0.717, 1.165) is 10.2 Å². The van der Waals surface area contributed by atoms with Gasteiger partial charge in [0.15, 0.2) is 0 Å². The molecule has 1 aromatic carbocycles. The van der Waals surface area contributed by atoms with Crippen LogP contribution in [0.15, 0.2) is 34.9 Å². The lowest BCUT2D eigenvalue weighted by Crippen LogP contribution is -2.12. The number of halogens is 3. The Bertz CT molecular complexity index is 837. The van der Waals surface area contributed by atoms with E-state index in [0.29, 0.717) is 25.8 Å². The molecule has 21 heavy (non-hydrogen) atoms. The monoisotopic (exact) mass is 447 g/mol. The summed E-state index contributed by atoms with van der Waals surface area (Å²) in [6, 6.07) is 7.12. The molecule has 0 fully saturated rings. The van der Waals surface area contributed by atoms with E-state index >= 15 is 0 Å². The van der Waals surface area contributed by atoms with Gasteiger partial charge in [-0.3, -0.25) is 4.79 Å². The average molecular weight is 450 g/mol. The number of primary amides is 1. The largest absolute Gasteiger partial charge is 0.366 e. The minimum atomic E-state index is -0.477. The zero-order chi connectivity index (χ0) is 14.3. The maximum Gasteiger partial charge on any atom is 0.249 e. The highest BCUT2D eigenvalue weighted by atomic mass is 79.9. The molecule has 0 unspecified atom stereocenters. The van der Waals surface area contributed by atoms with E-state index in [-0.39, 0.29) is 17.0 Å². The number of fused-ring (bicyclic) bond motifs is 1. The highest BCUT2D eigenvalue weighted by molar-refractivity contribution is 9.10. The molecule has 108 valence electrons. The zero-order valence-electron chi connectivity index (χ0n) is 10.3. The van der Waals surface area contributed by atoms with Crippen LogP contribution >= 0.6 is 55.8 Å². The lowest BCUT2D eigenvalue weighted by Gasteiger charge is -2.01. The Kier molecular flexibility index (Phi) is 4.98. The van der Waals surface area contributed by atoms with E-state index in [1.165, 1.54) is 11.3 Å². The van der Waals surface area contributed by atoms with E-state index in [2.05, 4.69) is 25.9 Å². The van der Waals surface area contributed by atoms with E-state index in [9.17, 15) is 4.79 Å². The van der Waals surface area contributed by atoms with Crippen LogP contribution in [0.1, 0.15) is 10.4 Å². The Morgan fingerprint density at radius 2 is 2.05 bits per heavy atom. The number of nitrogens with zero attached hydrogens (tertiary/aromatic N) is 2. The van der Waals surface area contributed by atoms with Gasteiger partial charge in [0, 0.05) is 11.1 Å². The van der Waals surface area contributed by atoms with Gasteiger partial charge in [0.05, 0.1) is 15.4 Å². The van der Waals surface area contributed by atoms with Crippen LogP contribution in [0.3, 0.4) is 0 Å². The Morgan fingerprint density at radius 1 is 1.33 bits per heavy atom. The van der Waals surface area contributed by atoms with Crippen molar-refractivity contribution in [3.05, 3.63) is 45.7 Å². The van der Waals surface area contributed by atoms with Crippen LogP contribution < -0.4 is 5.73 Å². The van der Waals surface area contributed by atoms with Crippen molar-refractivity contribution in [1.82, 2.24) is 9.97 Å². The number of rotatable bonds is 2. The molecule has 2 aromatic heterocycles. The van der Waals surface area contributed by atoms with Gasteiger partial charge in [0.1, 0.15) is 15.7 Å². The molecule has 3 rings (SSSR count). The van der Waals surface area contributed by atoms with Crippen molar-refractivity contribution in [2.45, 2.75) is 0 Å². The number of amides is 1. The quantitative estimate of drug-likeness (QED) is 0.588. The summed E-state index contributed by atoms with van der Waals surface area (Å²) < 4.78 is 1.59. The third-order valence-corrected chi connectivity index (χ3v) is 5.43. The van der Waals surface area contributed by atoms with Crippen molar-refractivity contribution in [3.63, 3.8) is 0 Å². The predicted molar refractivity (Wildman–Crippen MR) is 94.4 cm³/mol. The normalized spacial score (nSPS) is 10.4. The fourth-order valence-electron chi connectivity index (χ4n) is 1.84. The van der Waals surface area contributed by atoms with Crippen molar-refractivity contribution in [3.8, 4) is 10.6 Å². The molecule has 0 bridgehead atoms. The highest BCUT2D eigenvalue weighted by Crippen LogP contribution is 2.37. The number of carbonyl (C=O) groups is 1. The second-order valence-electron chi connectivity index (χ2n) is 4.01. The van der Waals surface area contributed by atoms with Crippen LogP contribution in [-0.2, 0) is 0 Å². The van der Waals surface area contributed by atoms with E-state index in [1.54, 1.807) is 18.3 Å². The first kappa shape index (κ1) is 16.4. The molecule has 0 atom stereocenters. The van der Waals surface area contributed by atoms with Crippen LogP contribution in [0, 0.1) is 0 Å². The first-order valence-electron chi connectivity index (χ1n) is 5.57. The van der Waals surface area contributed by atoms with Crippen molar-refractivity contribution >= 4 is 72.0 Å². The molecule has 0 saturated heterocycles. The number of thiazole rings is 1. The molecule has 0 spiro atoms. The second kappa shape index (κ2) is 6.39. The van der Waals surface area contributed by atoms with Crippen molar-refractivity contribution in [2.75, 3.05) is 0 Å². The molecule has 2 N–H and O–H groups in total. The van der Waals surface area contributed by atoms with E-state index in [4.69, 9.17) is 17.3 Å². The predicted octanol–water partition coefficient (Wildman–Crippen LogP) is 4.45. The van der Waals surface area contributed by atoms with Crippen LogP contribution in [0.4, 0.5) is 0 Å². The highest BCUT2D eigenvalue weighted by Gasteiger charge is 2.15. The lowest BCUT2D eigenvalue weighted by atomic mass is 10.1. The van der Waals surface area contributed by atoms with Gasteiger partial charge in [-0.05, 0) is 22.0 Å². The summed E-state index contributed by atoms with van der Waals surface area (Å²) >= 11 is 10.8. The number of benzene rings is 1. The maximum absolute atomic E-state index is 11.5. The smallest absolute Gasteiger partial charge is 0.249 e. The zero-order valence-corrected chi connectivity index (χ0v) is 15.2. The maximum atomic E-state index is 11.5. The minimum absolute atomic E-state index is 0. The molecule has 2 heterocycles. The standard InChI is InChI=1S/C13H7BrClN3OS.BrH/c14-9-10-8(5-17-11(9)15)18-13(20-10)7-4-2-1-3-6(7)12(16)19;/h1-5H,(H2,16,19);1H. The molecule has 0 saturated carbocycles. The van der Waals surface area contributed by atoms with Crippen LogP contribution in [0.2, 0.25) is 5.15 Å². The number of carbonyl (C=O) groups excluding carboxylic acids is 1. The summed E-state index contributed by atoms with van der Waals surface area (Å²) in [6.45, 7) is 0. The van der Waals surface area contributed by atoms with Crippen LogP contribution in [-0.4, -0.2) is 15.9 Å². The Labute approximate surface area is 148 Å². The summed E-state index contributed by atoms with van der Waals surface area (Å²) in [5, 5.41) is 1.09. The summed E-state index contributed by atoms with van der Waals surface area (Å²) in [4.78, 5) is 20.0. The fraction of sp³-hybridized carbons (Fsp3) is 0. The van der Waals surface area contributed by atoms with Gasteiger partial charge in [-0.15, -0.1) is 28.3 Å². The number of pyridine rings is 1. The average Bonchev–Trinajstić information content (AvgIpc) is 2.88. The van der Waals surface area contributed by atoms with Gasteiger partial charge in [0.25, 0.3) is 0 Å². The van der Waals surface area contributed by atoms with Crippen LogP contribution in [0.25, 0.3) is 20.8 Å².